The third kappa shape index (κ3) is 5.06. The lowest BCUT2D eigenvalue weighted by Crippen LogP contribution is -2.23. The molecule has 0 saturated heterocycles. The van der Waals surface area contributed by atoms with Crippen molar-refractivity contribution in [2.45, 2.75) is 18.9 Å². The molecule has 5 aromatic rings. The number of benzene rings is 1. The number of hydrogen-bond acceptors (Lipinski definition) is 5. The van der Waals surface area contributed by atoms with Gasteiger partial charge in [0.05, 0.1) is 12.7 Å². The molecule has 39 heavy (non-hydrogen) atoms. The molecule has 15 heteroatoms. The molecule has 200 valence electrons. The van der Waals surface area contributed by atoms with Gasteiger partial charge in [0, 0.05) is 34.1 Å². The van der Waals surface area contributed by atoms with Crippen molar-refractivity contribution < 1.29 is 30.7 Å². The average molecular weight is 569 g/mol. The van der Waals surface area contributed by atoms with Crippen LogP contribution in [0.5, 0.6) is 0 Å². The normalized spacial score (nSPS) is 12.3. The van der Waals surface area contributed by atoms with Gasteiger partial charge in [-0.3, -0.25) is 4.98 Å². The Morgan fingerprint density at radius 1 is 0.846 bits per heavy atom. The Balaban J connectivity index is 1.68. The molecule has 0 aliphatic heterocycles. The molecule has 0 spiro atoms. The lowest BCUT2D eigenvalue weighted by Gasteiger charge is -2.12. The van der Waals surface area contributed by atoms with Gasteiger partial charge >= 0.3 is 18.0 Å². The van der Waals surface area contributed by atoms with Crippen molar-refractivity contribution in [3.05, 3.63) is 99.3 Å². The summed E-state index contributed by atoms with van der Waals surface area (Å²) in [4.78, 5) is 19.6. The highest BCUT2D eigenvalue weighted by atomic mass is 35.5. The quantitative estimate of drug-likeness (QED) is 0.253. The molecule has 0 N–H and O–H groups in total. The Bertz CT molecular complexity index is 1740. The van der Waals surface area contributed by atoms with Crippen molar-refractivity contribution in [3.8, 4) is 22.3 Å². The highest BCUT2D eigenvalue weighted by Crippen LogP contribution is 2.37. The molecule has 0 radical (unpaired) electrons. The lowest BCUT2D eigenvalue weighted by atomic mass is 9.98. The van der Waals surface area contributed by atoms with Crippen LogP contribution in [0.1, 0.15) is 17.0 Å². The number of pyridine rings is 2. The molecule has 0 fully saturated rings. The Kier molecular flexibility index (Phi) is 6.37. The van der Waals surface area contributed by atoms with E-state index < -0.39 is 35.2 Å². The maximum atomic E-state index is 14.5. The predicted molar refractivity (Wildman–Crippen MR) is 124 cm³/mol. The standard InChI is InChI=1S/C24H12ClF7N6O/c25-15-4-2-13(3-5-15)16-10-35-38-21(19(16)14-7-17(26)20(34-9-14)24(30,31)32)36-37(22(38)39)11-12-1-6-18(33-8-12)23(27,28)29/h1-10H,11H2. The van der Waals surface area contributed by atoms with E-state index in [2.05, 4.69) is 20.2 Å². The third-order valence-corrected chi connectivity index (χ3v) is 5.87. The maximum Gasteiger partial charge on any atom is 0.436 e. The first-order valence-electron chi connectivity index (χ1n) is 10.8. The zero-order chi connectivity index (χ0) is 28.1. The van der Waals surface area contributed by atoms with Crippen molar-refractivity contribution in [1.82, 2.24) is 29.4 Å². The van der Waals surface area contributed by atoms with Gasteiger partial charge in [0.25, 0.3) is 0 Å². The molecule has 4 aromatic heterocycles. The minimum absolute atomic E-state index is 0.0360. The molecule has 0 unspecified atom stereocenters. The molecule has 0 bridgehead atoms. The van der Waals surface area contributed by atoms with Crippen molar-refractivity contribution in [3.63, 3.8) is 0 Å². The fourth-order valence-electron chi connectivity index (χ4n) is 3.84. The van der Waals surface area contributed by atoms with Gasteiger partial charge in [0.15, 0.2) is 17.2 Å². The second-order valence-corrected chi connectivity index (χ2v) is 8.65. The van der Waals surface area contributed by atoms with Crippen LogP contribution in [-0.2, 0) is 18.9 Å². The largest absolute Gasteiger partial charge is 0.436 e. The van der Waals surface area contributed by atoms with Gasteiger partial charge < -0.3 is 0 Å². The van der Waals surface area contributed by atoms with Crippen molar-refractivity contribution in [2.24, 2.45) is 0 Å². The monoisotopic (exact) mass is 568 g/mol. The van der Waals surface area contributed by atoms with E-state index in [9.17, 15) is 35.5 Å². The van der Waals surface area contributed by atoms with Crippen molar-refractivity contribution in [1.29, 1.82) is 0 Å². The molecule has 0 aliphatic carbocycles. The van der Waals surface area contributed by atoms with Gasteiger partial charge in [0.2, 0.25) is 0 Å². The van der Waals surface area contributed by atoms with Crippen LogP contribution in [0.2, 0.25) is 5.02 Å². The summed E-state index contributed by atoms with van der Waals surface area (Å²) in [7, 11) is 0. The maximum absolute atomic E-state index is 14.5. The zero-order valence-electron chi connectivity index (χ0n) is 19.1. The summed E-state index contributed by atoms with van der Waals surface area (Å²) < 4.78 is 94.1. The van der Waals surface area contributed by atoms with Crippen LogP contribution in [0.15, 0.2) is 65.8 Å². The second-order valence-electron chi connectivity index (χ2n) is 8.22. The van der Waals surface area contributed by atoms with Crippen LogP contribution >= 0.6 is 11.6 Å². The minimum Gasteiger partial charge on any atom is -0.251 e. The summed E-state index contributed by atoms with van der Waals surface area (Å²) in [6, 6.07) is 8.72. The number of fused-ring (bicyclic) bond motifs is 1. The number of aromatic nitrogens is 6. The van der Waals surface area contributed by atoms with Gasteiger partial charge in [-0.1, -0.05) is 29.8 Å². The van der Waals surface area contributed by atoms with E-state index >= 15 is 0 Å². The van der Waals surface area contributed by atoms with Crippen LogP contribution in [0.4, 0.5) is 30.7 Å². The van der Waals surface area contributed by atoms with Gasteiger partial charge in [-0.15, -0.1) is 5.10 Å². The van der Waals surface area contributed by atoms with E-state index in [1.54, 1.807) is 24.3 Å². The predicted octanol–water partition coefficient (Wildman–Crippen LogP) is 5.89. The molecule has 0 aliphatic rings. The second kappa shape index (κ2) is 9.45. The van der Waals surface area contributed by atoms with Gasteiger partial charge in [-0.2, -0.15) is 36.0 Å². The summed E-state index contributed by atoms with van der Waals surface area (Å²) in [5.41, 5.74) is -2.96. The Morgan fingerprint density at radius 2 is 1.56 bits per heavy atom. The van der Waals surface area contributed by atoms with E-state index in [1.807, 2.05) is 0 Å². The highest BCUT2D eigenvalue weighted by molar-refractivity contribution is 6.30. The van der Waals surface area contributed by atoms with Crippen LogP contribution in [0.25, 0.3) is 27.9 Å². The molecule has 0 atom stereocenters. The Morgan fingerprint density at radius 3 is 2.15 bits per heavy atom. The molecular formula is C24H12ClF7N6O. The Labute approximate surface area is 218 Å². The number of alkyl halides is 6. The molecular weight excluding hydrogens is 557 g/mol. The fourth-order valence-corrected chi connectivity index (χ4v) is 3.96. The van der Waals surface area contributed by atoms with E-state index in [0.717, 1.165) is 33.7 Å². The first-order chi connectivity index (χ1) is 18.3. The molecule has 0 saturated carbocycles. The minimum atomic E-state index is -5.04. The van der Waals surface area contributed by atoms with Crippen LogP contribution in [0, 0.1) is 5.82 Å². The number of rotatable bonds is 4. The fraction of sp³-hybridized carbons (Fsp3) is 0.125. The van der Waals surface area contributed by atoms with Crippen LogP contribution in [0.3, 0.4) is 0 Å². The molecule has 4 heterocycles. The van der Waals surface area contributed by atoms with Crippen molar-refractivity contribution >= 4 is 17.2 Å². The number of hydrogen-bond donors (Lipinski definition) is 0. The lowest BCUT2D eigenvalue weighted by molar-refractivity contribution is -0.143. The van der Waals surface area contributed by atoms with Gasteiger partial charge in [0.1, 0.15) is 5.69 Å². The van der Waals surface area contributed by atoms with E-state index in [4.69, 9.17) is 11.6 Å². The topological polar surface area (TPSA) is 78.0 Å². The van der Waals surface area contributed by atoms with Gasteiger partial charge in [-0.05, 0) is 35.4 Å². The summed E-state index contributed by atoms with van der Waals surface area (Å²) >= 11 is 5.96. The number of nitrogens with zero attached hydrogens (tertiary/aromatic N) is 6. The molecule has 5 rings (SSSR count). The van der Waals surface area contributed by atoms with Crippen LogP contribution in [-0.4, -0.2) is 29.4 Å². The summed E-state index contributed by atoms with van der Waals surface area (Å²) in [5.74, 6) is -1.64. The first kappa shape index (κ1) is 26.3. The van der Waals surface area contributed by atoms with E-state index in [0.29, 0.717) is 16.7 Å². The van der Waals surface area contributed by atoms with Gasteiger partial charge in [-0.25, -0.2) is 18.9 Å². The molecule has 7 nitrogen and oxygen atoms in total. The molecule has 1 aromatic carbocycles. The van der Waals surface area contributed by atoms with Crippen molar-refractivity contribution in [2.75, 3.05) is 0 Å². The Hall–Kier alpha value is -4.33. The van der Waals surface area contributed by atoms with E-state index in [1.165, 1.54) is 6.20 Å². The summed E-state index contributed by atoms with van der Waals surface area (Å²) in [5, 5.41) is 8.69. The first-order valence-corrected chi connectivity index (χ1v) is 11.2. The number of halogens is 8. The van der Waals surface area contributed by atoms with E-state index in [-0.39, 0.29) is 34.4 Å². The summed E-state index contributed by atoms with van der Waals surface area (Å²) in [6.07, 6.45) is -6.72. The van der Waals surface area contributed by atoms with Crippen LogP contribution < -0.4 is 5.69 Å². The molecule has 0 amide bonds. The average Bonchev–Trinajstić information content (AvgIpc) is 3.18. The third-order valence-electron chi connectivity index (χ3n) is 5.61. The SMILES string of the molecule is O=c1n(Cc2ccc(C(F)(F)F)nc2)nc2c(-c3cnc(C(F)(F)F)c(F)c3)c(-c3ccc(Cl)cc3)cnn12. The smallest absolute Gasteiger partial charge is 0.251 e. The summed E-state index contributed by atoms with van der Waals surface area (Å²) in [6.45, 7) is -0.303. The zero-order valence-corrected chi connectivity index (χ0v) is 19.9. The highest BCUT2D eigenvalue weighted by Gasteiger charge is 2.36.